The van der Waals surface area contributed by atoms with Crippen LogP contribution in [0.5, 0.6) is 0 Å². The van der Waals surface area contributed by atoms with E-state index >= 15 is 0 Å². The number of nitrogens with two attached hydrogens (primary N) is 2. The zero-order valence-corrected chi connectivity index (χ0v) is 11.3. The third-order valence-electron chi connectivity index (χ3n) is 2.88. The molecule has 0 bridgehead atoms. The van der Waals surface area contributed by atoms with Gasteiger partial charge in [0.25, 0.3) is 5.56 Å². The molecule has 0 saturated carbocycles. The first-order chi connectivity index (χ1) is 9.56. The van der Waals surface area contributed by atoms with Crippen molar-refractivity contribution < 1.29 is 0 Å². The van der Waals surface area contributed by atoms with E-state index in [2.05, 4.69) is 10.1 Å². The lowest BCUT2D eigenvalue weighted by Gasteiger charge is -2.08. The average molecular weight is 271 g/mol. The highest BCUT2D eigenvalue weighted by Crippen LogP contribution is 2.04. The van der Waals surface area contributed by atoms with Gasteiger partial charge in [0.05, 0.1) is 18.8 Å². The van der Waals surface area contributed by atoms with Crippen LogP contribution in [-0.2, 0) is 13.1 Å². The van der Waals surface area contributed by atoms with Gasteiger partial charge in [0.1, 0.15) is 0 Å². The predicted octanol–water partition coefficient (Wildman–Crippen LogP) is 0.373. The Morgan fingerprint density at radius 2 is 2.00 bits per heavy atom. The van der Waals surface area contributed by atoms with Gasteiger partial charge in [-0.15, -0.1) is 0 Å². The van der Waals surface area contributed by atoms with Crippen molar-refractivity contribution in [3.63, 3.8) is 0 Å². The summed E-state index contributed by atoms with van der Waals surface area (Å²) in [4.78, 5) is 15.9. The summed E-state index contributed by atoms with van der Waals surface area (Å²) in [6, 6.07) is 11.2. The number of benzene rings is 1. The fourth-order valence-corrected chi connectivity index (χ4v) is 1.81. The SMILES string of the molecule is Cc1cc(=O)n(Cc2ccccc2)nc1CN=C(N)N. The van der Waals surface area contributed by atoms with E-state index in [1.165, 1.54) is 4.68 Å². The lowest BCUT2D eigenvalue weighted by Crippen LogP contribution is -2.26. The lowest BCUT2D eigenvalue weighted by molar-refractivity contribution is 0.615. The fraction of sp³-hybridized carbons (Fsp3) is 0.214. The summed E-state index contributed by atoms with van der Waals surface area (Å²) in [6.07, 6.45) is 0. The van der Waals surface area contributed by atoms with Crippen LogP contribution >= 0.6 is 0 Å². The van der Waals surface area contributed by atoms with Crippen molar-refractivity contribution in [2.45, 2.75) is 20.0 Å². The number of hydrogen-bond donors (Lipinski definition) is 2. The quantitative estimate of drug-likeness (QED) is 0.620. The van der Waals surface area contributed by atoms with Gasteiger partial charge >= 0.3 is 0 Å². The average Bonchev–Trinajstić information content (AvgIpc) is 2.41. The zero-order valence-electron chi connectivity index (χ0n) is 11.3. The number of aromatic nitrogens is 2. The molecule has 0 saturated heterocycles. The van der Waals surface area contributed by atoms with Crippen LogP contribution < -0.4 is 17.0 Å². The standard InChI is InChI=1S/C14H17N5O/c1-10-7-13(20)19(9-11-5-3-2-4-6-11)18-12(10)8-17-14(15)16/h2-7H,8-9H2,1H3,(H4,15,16,17). The maximum absolute atomic E-state index is 11.9. The molecule has 6 nitrogen and oxygen atoms in total. The van der Waals surface area contributed by atoms with Crippen LogP contribution in [-0.4, -0.2) is 15.7 Å². The van der Waals surface area contributed by atoms with E-state index in [0.717, 1.165) is 11.1 Å². The zero-order chi connectivity index (χ0) is 14.5. The van der Waals surface area contributed by atoms with Crippen LogP contribution in [0, 0.1) is 6.92 Å². The molecule has 1 heterocycles. The van der Waals surface area contributed by atoms with Gasteiger partial charge in [-0.25, -0.2) is 9.67 Å². The van der Waals surface area contributed by atoms with E-state index in [9.17, 15) is 4.79 Å². The van der Waals surface area contributed by atoms with Crippen molar-refractivity contribution in [2.75, 3.05) is 0 Å². The molecule has 2 rings (SSSR count). The molecule has 20 heavy (non-hydrogen) atoms. The van der Waals surface area contributed by atoms with Gasteiger partial charge in [-0.3, -0.25) is 4.79 Å². The molecule has 0 aliphatic carbocycles. The minimum absolute atomic E-state index is 0.00649. The van der Waals surface area contributed by atoms with Crippen molar-refractivity contribution in [3.8, 4) is 0 Å². The molecule has 0 atom stereocenters. The minimum Gasteiger partial charge on any atom is -0.370 e. The van der Waals surface area contributed by atoms with Crippen LogP contribution in [0.3, 0.4) is 0 Å². The van der Waals surface area contributed by atoms with Gasteiger partial charge in [-0.2, -0.15) is 5.10 Å². The third kappa shape index (κ3) is 3.44. The number of rotatable bonds is 4. The Kier molecular flexibility index (Phi) is 4.14. The molecular formula is C14H17N5O. The third-order valence-corrected chi connectivity index (χ3v) is 2.88. The van der Waals surface area contributed by atoms with E-state index in [1.807, 2.05) is 37.3 Å². The molecule has 0 radical (unpaired) electrons. The van der Waals surface area contributed by atoms with E-state index in [0.29, 0.717) is 12.2 Å². The minimum atomic E-state index is -0.139. The molecule has 4 N–H and O–H groups in total. The molecule has 0 aliphatic rings. The molecule has 6 heteroatoms. The van der Waals surface area contributed by atoms with Crippen molar-refractivity contribution in [3.05, 3.63) is 63.6 Å². The Labute approximate surface area is 116 Å². The van der Waals surface area contributed by atoms with E-state index in [1.54, 1.807) is 6.07 Å². The summed E-state index contributed by atoms with van der Waals surface area (Å²) < 4.78 is 1.42. The maximum atomic E-state index is 11.9. The van der Waals surface area contributed by atoms with Crippen LogP contribution in [0.4, 0.5) is 0 Å². The Hall–Kier alpha value is -2.63. The molecule has 0 unspecified atom stereocenters. The largest absolute Gasteiger partial charge is 0.370 e. The first-order valence-electron chi connectivity index (χ1n) is 6.23. The van der Waals surface area contributed by atoms with Crippen molar-refractivity contribution >= 4 is 5.96 Å². The number of guanidine groups is 1. The Morgan fingerprint density at radius 3 is 2.65 bits per heavy atom. The highest BCUT2D eigenvalue weighted by molar-refractivity contribution is 5.75. The number of aryl methyl sites for hydroxylation is 1. The van der Waals surface area contributed by atoms with Crippen LogP contribution in [0.25, 0.3) is 0 Å². The topological polar surface area (TPSA) is 99.3 Å². The van der Waals surface area contributed by atoms with Crippen LogP contribution in [0.1, 0.15) is 16.8 Å². The Bertz CT molecular complexity index is 672. The lowest BCUT2D eigenvalue weighted by atomic mass is 10.2. The molecule has 0 aliphatic heterocycles. The molecule has 0 amide bonds. The normalized spacial score (nSPS) is 10.2. The Morgan fingerprint density at radius 1 is 1.30 bits per heavy atom. The fourth-order valence-electron chi connectivity index (χ4n) is 1.81. The van der Waals surface area contributed by atoms with Gasteiger partial charge in [0.15, 0.2) is 5.96 Å². The number of hydrogen-bond acceptors (Lipinski definition) is 3. The van der Waals surface area contributed by atoms with Gasteiger partial charge < -0.3 is 11.5 Å². The Balaban J connectivity index is 2.31. The van der Waals surface area contributed by atoms with Crippen LogP contribution in [0.2, 0.25) is 0 Å². The smallest absolute Gasteiger partial charge is 0.267 e. The summed E-state index contributed by atoms with van der Waals surface area (Å²) in [5.41, 5.74) is 13.0. The molecule has 0 spiro atoms. The second kappa shape index (κ2) is 6.01. The van der Waals surface area contributed by atoms with Crippen LogP contribution in [0.15, 0.2) is 46.2 Å². The first kappa shape index (κ1) is 13.8. The number of aliphatic imine (C=N–C) groups is 1. The van der Waals surface area contributed by atoms with E-state index in [-0.39, 0.29) is 18.1 Å². The van der Waals surface area contributed by atoms with E-state index < -0.39 is 0 Å². The molecule has 104 valence electrons. The second-order valence-electron chi connectivity index (χ2n) is 4.50. The molecule has 1 aromatic carbocycles. The monoisotopic (exact) mass is 271 g/mol. The summed E-state index contributed by atoms with van der Waals surface area (Å²) in [6.45, 7) is 2.51. The summed E-state index contributed by atoms with van der Waals surface area (Å²) >= 11 is 0. The van der Waals surface area contributed by atoms with Crippen molar-refractivity contribution in [2.24, 2.45) is 16.5 Å². The van der Waals surface area contributed by atoms with Crippen molar-refractivity contribution in [1.29, 1.82) is 0 Å². The summed E-state index contributed by atoms with van der Waals surface area (Å²) in [5, 5.41) is 4.33. The van der Waals surface area contributed by atoms with E-state index in [4.69, 9.17) is 11.5 Å². The predicted molar refractivity (Wildman–Crippen MR) is 78.3 cm³/mol. The van der Waals surface area contributed by atoms with Gasteiger partial charge in [-0.1, -0.05) is 30.3 Å². The summed E-state index contributed by atoms with van der Waals surface area (Å²) in [5.74, 6) is 0.00649. The van der Waals surface area contributed by atoms with Crippen molar-refractivity contribution in [1.82, 2.24) is 9.78 Å². The molecule has 0 fully saturated rings. The summed E-state index contributed by atoms with van der Waals surface area (Å²) in [7, 11) is 0. The van der Waals surface area contributed by atoms with Gasteiger partial charge in [0.2, 0.25) is 0 Å². The second-order valence-corrected chi connectivity index (χ2v) is 4.50. The molecular weight excluding hydrogens is 254 g/mol. The maximum Gasteiger partial charge on any atom is 0.267 e. The van der Waals surface area contributed by atoms with Gasteiger partial charge in [0, 0.05) is 6.07 Å². The highest BCUT2D eigenvalue weighted by atomic mass is 16.1. The first-order valence-corrected chi connectivity index (χ1v) is 6.23. The van der Waals surface area contributed by atoms with Gasteiger partial charge in [-0.05, 0) is 18.1 Å². The number of nitrogens with zero attached hydrogens (tertiary/aromatic N) is 3. The highest BCUT2D eigenvalue weighted by Gasteiger charge is 2.06. The molecule has 2 aromatic rings. The molecule has 1 aromatic heterocycles.